The van der Waals surface area contributed by atoms with Crippen molar-refractivity contribution in [3.05, 3.63) is 52.0 Å². The first-order valence-electron chi connectivity index (χ1n) is 6.54. The lowest BCUT2D eigenvalue weighted by atomic mass is 10.1. The fraction of sp³-hybridized carbons (Fsp3) is 0.400. The van der Waals surface area contributed by atoms with Crippen molar-refractivity contribution in [3.8, 4) is 0 Å². The summed E-state index contributed by atoms with van der Waals surface area (Å²) in [5.74, 6) is 0.848. The molecular formula is C15H18N2S. The van der Waals surface area contributed by atoms with Crippen molar-refractivity contribution in [3.63, 3.8) is 0 Å². The number of thiazole rings is 1. The van der Waals surface area contributed by atoms with Gasteiger partial charge in [-0.2, -0.15) is 0 Å². The van der Waals surface area contributed by atoms with Gasteiger partial charge >= 0.3 is 0 Å². The molecule has 1 aliphatic rings. The standard InChI is InChI=1S/C15H18N2S/c1-11(15-16-8-9-18-15)17-10-12-2-4-13(5-3-12)14-6-7-14/h2-5,8-9,11,14,17H,6-7,10H2,1H3. The van der Waals surface area contributed by atoms with Crippen LogP contribution in [0, 0.1) is 0 Å². The van der Waals surface area contributed by atoms with E-state index in [-0.39, 0.29) is 0 Å². The molecule has 1 N–H and O–H groups in total. The molecule has 1 atom stereocenters. The van der Waals surface area contributed by atoms with E-state index in [1.54, 1.807) is 11.3 Å². The molecule has 2 nitrogen and oxygen atoms in total. The predicted molar refractivity (Wildman–Crippen MR) is 75.8 cm³/mol. The smallest absolute Gasteiger partial charge is 0.109 e. The Morgan fingerprint density at radius 1 is 1.33 bits per heavy atom. The van der Waals surface area contributed by atoms with Crippen molar-refractivity contribution < 1.29 is 0 Å². The molecule has 1 saturated carbocycles. The summed E-state index contributed by atoms with van der Waals surface area (Å²) in [5, 5.41) is 6.70. The van der Waals surface area contributed by atoms with E-state index in [1.807, 2.05) is 11.6 Å². The summed E-state index contributed by atoms with van der Waals surface area (Å²) in [4.78, 5) is 4.33. The summed E-state index contributed by atoms with van der Waals surface area (Å²) < 4.78 is 0. The molecule has 0 bridgehead atoms. The minimum absolute atomic E-state index is 0.327. The first-order valence-corrected chi connectivity index (χ1v) is 7.42. The van der Waals surface area contributed by atoms with E-state index in [0.717, 1.165) is 17.5 Å². The Hall–Kier alpha value is -1.19. The van der Waals surface area contributed by atoms with Gasteiger partial charge in [0.2, 0.25) is 0 Å². The SMILES string of the molecule is CC(NCc1ccc(C2CC2)cc1)c1nccs1. The zero-order valence-corrected chi connectivity index (χ0v) is 11.4. The molecule has 1 aromatic carbocycles. The number of hydrogen-bond acceptors (Lipinski definition) is 3. The van der Waals surface area contributed by atoms with Crippen LogP contribution < -0.4 is 5.32 Å². The quantitative estimate of drug-likeness (QED) is 0.880. The van der Waals surface area contributed by atoms with Crippen LogP contribution in [0.5, 0.6) is 0 Å². The second kappa shape index (κ2) is 5.21. The molecule has 0 radical (unpaired) electrons. The third-order valence-electron chi connectivity index (χ3n) is 3.46. The van der Waals surface area contributed by atoms with Crippen molar-refractivity contribution in [2.75, 3.05) is 0 Å². The number of nitrogens with zero attached hydrogens (tertiary/aromatic N) is 1. The Balaban J connectivity index is 1.56. The lowest BCUT2D eigenvalue weighted by Gasteiger charge is -2.11. The van der Waals surface area contributed by atoms with Crippen molar-refractivity contribution in [2.45, 2.75) is 38.3 Å². The fourth-order valence-electron chi connectivity index (χ4n) is 2.13. The van der Waals surface area contributed by atoms with Gasteiger partial charge in [0.25, 0.3) is 0 Å². The number of rotatable bonds is 5. The molecule has 94 valence electrons. The van der Waals surface area contributed by atoms with Crippen LogP contribution in [-0.2, 0) is 6.54 Å². The Kier molecular flexibility index (Phi) is 3.43. The van der Waals surface area contributed by atoms with Crippen LogP contribution in [0.3, 0.4) is 0 Å². The second-order valence-electron chi connectivity index (χ2n) is 4.99. The van der Waals surface area contributed by atoms with E-state index < -0.39 is 0 Å². The van der Waals surface area contributed by atoms with Gasteiger partial charge in [-0.05, 0) is 36.8 Å². The molecule has 18 heavy (non-hydrogen) atoms. The third-order valence-corrected chi connectivity index (χ3v) is 4.42. The van der Waals surface area contributed by atoms with Gasteiger partial charge in [0, 0.05) is 18.1 Å². The molecule has 3 heteroatoms. The summed E-state index contributed by atoms with van der Waals surface area (Å²) in [7, 11) is 0. The molecule has 0 amide bonds. The average Bonchev–Trinajstić information content (AvgIpc) is 3.11. The van der Waals surface area contributed by atoms with E-state index in [4.69, 9.17) is 0 Å². The van der Waals surface area contributed by atoms with E-state index in [2.05, 4.69) is 41.5 Å². The van der Waals surface area contributed by atoms with Gasteiger partial charge < -0.3 is 5.32 Å². The topological polar surface area (TPSA) is 24.9 Å². The Morgan fingerprint density at radius 2 is 2.11 bits per heavy atom. The summed E-state index contributed by atoms with van der Waals surface area (Å²) >= 11 is 1.71. The highest BCUT2D eigenvalue weighted by Gasteiger charge is 2.22. The van der Waals surface area contributed by atoms with E-state index in [9.17, 15) is 0 Å². The zero-order valence-electron chi connectivity index (χ0n) is 10.6. The van der Waals surface area contributed by atoms with Crippen molar-refractivity contribution >= 4 is 11.3 Å². The minimum Gasteiger partial charge on any atom is -0.304 e. The molecular weight excluding hydrogens is 240 g/mol. The molecule has 1 aromatic heterocycles. The molecule has 1 aliphatic carbocycles. The maximum absolute atomic E-state index is 4.33. The maximum atomic E-state index is 4.33. The Labute approximate surface area is 112 Å². The molecule has 2 aromatic rings. The third kappa shape index (κ3) is 2.79. The lowest BCUT2D eigenvalue weighted by Crippen LogP contribution is -2.17. The Morgan fingerprint density at radius 3 is 2.72 bits per heavy atom. The number of nitrogens with one attached hydrogen (secondary N) is 1. The zero-order chi connectivity index (χ0) is 12.4. The van der Waals surface area contributed by atoms with Crippen LogP contribution in [0.15, 0.2) is 35.8 Å². The highest BCUT2D eigenvalue weighted by molar-refractivity contribution is 7.09. The summed E-state index contributed by atoms with van der Waals surface area (Å²) in [6, 6.07) is 9.38. The Bertz CT molecular complexity index is 486. The van der Waals surface area contributed by atoms with Gasteiger partial charge in [0.15, 0.2) is 0 Å². The van der Waals surface area contributed by atoms with Crippen LogP contribution >= 0.6 is 11.3 Å². The number of hydrogen-bond donors (Lipinski definition) is 1. The molecule has 1 heterocycles. The minimum atomic E-state index is 0.327. The van der Waals surface area contributed by atoms with Gasteiger partial charge in [-0.1, -0.05) is 24.3 Å². The first kappa shape index (κ1) is 11.9. The van der Waals surface area contributed by atoms with Crippen LogP contribution in [0.4, 0.5) is 0 Å². The van der Waals surface area contributed by atoms with Crippen LogP contribution in [0.1, 0.15) is 47.9 Å². The van der Waals surface area contributed by atoms with Crippen LogP contribution in [0.25, 0.3) is 0 Å². The largest absolute Gasteiger partial charge is 0.304 e. The number of benzene rings is 1. The maximum Gasteiger partial charge on any atom is 0.109 e. The van der Waals surface area contributed by atoms with E-state index in [1.165, 1.54) is 24.0 Å². The molecule has 1 unspecified atom stereocenters. The fourth-order valence-corrected chi connectivity index (χ4v) is 2.80. The van der Waals surface area contributed by atoms with Crippen LogP contribution in [0.2, 0.25) is 0 Å². The van der Waals surface area contributed by atoms with Crippen molar-refractivity contribution in [1.29, 1.82) is 0 Å². The van der Waals surface area contributed by atoms with Gasteiger partial charge in [-0.25, -0.2) is 4.98 Å². The molecule has 3 rings (SSSR count). The highest BCUT2D eigenvalue weighted by Crippen LogP contribution is 2.39. The van der Waals surface area contributed by atoms with Crippen LogP contribution in [-0.4, -0.2) is 4.98 Å². The molecule has 0 spiro atoms. The van der Waals surface area contributed by atoms with Crippen molar-refractivity contribution in [2.24, 2.45) is 0 Å². The number of aromatic nitrogens is 1. The summed E-state index contributed by atoms with van der Waals surface area (Å²) in [5.41, 5.74) is 2.86. The van der Waals surface area contributed by atoms with E-state index in [0.29, 0.717) is 6.04 Å². The molecule has 0 aliphatic heterocycles. The van der Waals surface area contributed by atoms with Gasteiger partial charge in [-0.3, -0.25) is 0 Å². The normalized spacial score (nSPS) is 16.7. The van der Waals surface area contributed by atoms with Crippen molar-refractivity contribution in [1.82, 2.24) is 10.3 Å². The molecule has 0 saturated heterocycles. The predicted octanol–water partition coefficient (Wildman–Crippen LogP) is 3.87. The van der Waals surface area contributed by atoms with Gasteiger partial charge in [0.1, 0.15) is 5.01 Å². The highest BCUT2D eigenvalue weighted by atomic mass is 32.1. The van der Waals surface area contributed by atoms with Gasteiger partial charge in [0.05, 0.1) is 6.04 Å². The summed E-state index contributed by atoms with van der Waals surface area (Å²) in [6.07, 6.45) is 4.61. The second-order valence-corrected chi connectivity index (χ2v) is 5.91. The summed E-state index contributed by atoms with van der Waals surface area (Å²) in [6.45, 7) is 3.07. The van der Waals surface area contributed by atoms with E-state index >= 15 is 0 Å². The lowest BCUT2D eigenvalue weighted by molar-refractivity contribution is 0.572. The average molecular weight is 258 g/mol. The van der Waals surface area contributed by atoms with Gasteiger partial charge in [-0.15, -0.1) is 11.3 Å². The monoisotopic (exact) mass is 258 g/mol. The first-order chi connectivity index (χ1) is 8.83. The molecule has 1 fully saturated rings.